The van der Waals surface area contributed by atoms with Crippen LogP contribution < -0.4 is 14.2 Å². The van der Waals surface area contributed by atoms with E-state index in [1.54, 1.807) is 18.5 Å². The monoisotopic (exact) mass is 401 g/mol. The molecule has 1 aliphatic heterocycles. The first-order valence-electron chi connectivity index (χ1n) is 8.88. The van der Waals surface area contributed by atoms with Crippen LogP contribution in [0.4, 0.5) is 8.78 Å². The Balaban J connectivity index is 1.63. The van der Waals surface area contributed by atoms with E-state index in [9.17, 15) is 13.6 Å². The van der Waals surface area contributed by atoms with Gasteiger partial charge in [0.2, 0.25) is 0 Å². The second-order valence-corrected chi connectivity index (χ2v) is 6.64. The van der Waals surface area contributed by atoms with Crippen molar-refractivity contribution < 1.29 is 27.8 Å². The van der Waals surface area contributed by atoms with E-state index >= 15 is 0 Å². The van der Waals surface area contributed by atoms with Crippen molar-refractivity contribution in [3.8, 4) is 28.6 Å². The first kappa shape index (κ1) is 18.9. The highest BCUT2D eigenvalue weighted by molar-refractivity contribution is 5.86. The van der Waals surface area contributed by atoms with Crippen molar-refractivity contribution in [1.82, 2.24) is 14.8 Å². The van der Waals surface area contributed by atoms with Crippen LogP contribution in [0.3, 0.4) is 0 Å². The molecule has 0 saturated carbocycles. The Labute approximate surface area is 164 Å². The van der Waals surface area contributed by atoms with Crippen LogP contribution in [0.1, 0.15) is 35.8 Å². The molecule has 9 heteroatoms. The van der Waals surface area contributed by atoms with Crippen LogP contribution in [0.5, 0.6) is 17.2 Å². The molecule has 4 rings (SSSR count). The maximum absolute atomic E-state index is 13.3. The van der Waals surface area contributed by atoms with Gasteiger partial charge in [-0.1, -0.05) is 6.07 Å². The van der Waals surface area contributed by atoms with Crippen LogP contribution in [0.15, 0.2) is 42.7 Å². The Hall–Kier alpha value is -3.49. The average molecular weight is 401 g/mol. The fourth-order valence-corrected chi connectivity index (χ4v) is 3.11. The number of pyridine rings is 1. The molecule has 1 aromatic carbocycles. The second-order valence-electron chi connectivity index (χ2n) is 6.64. The summed E-state index contributed by atoms with van der Waals surface area (Å²) in [5.41, 5.74) is 2.10. The molecule has 0 fully saturated rings. The molecule has 0 spiro atoms. The van der Waals surface area contributed by atoms with Gasteiger partial charge in [-0.25, -0.2) is 0 Å². The molecule has 0 N–H and O–H groups in total. The molecule has 150 valence electrons. The lowest BCUT2D eigenvalue weighted by Gasteiger charge is -2.15. The average Bonchev–Trinajstić information content (AvgIpc) is 3.29. The molecule has 1 aliphatic rings. The Morgan fingerprint density at radius 2 is 2.03 bits per heavy atom. The third-order valence-corrected chi connectivity index (χ3v) is 4.36. The van der Waals surface area contributed by atoms with Gasteiger partial charge in [-0.2, -0.15) is 5.10 Å². The van der Waals surface area contributed by atoms with Crippen LogP contribution in [0, 0.1) is 0 Å². The van der Waals surface area contributed by atoms with Crippen LogP contribution in [0.2, 0.25) is 0 Å². The molecule has 3 aromatic rings. The van der Waals surface area contributed by atoms with Gasteiger partial charge in [0, 0.05) is 24.0 Å². The van der Waals surface area contributed by atoms with Crippen molar-refractivity contribution in [2.24, 2.45) is 0 Å². The van der Waals surface area contributed by atoms with Gasteiger partial charge in [0.05, 0.1) is 11.4 Å². The lowest BCUT2D eigenvalue weighted by atomic mass is 10.1. The van der Waals surface area contributed by atoms with E-state index in [1.807, 2.05) is 30.7 Å². The number of rotatable bonds is 6. The molecule has 0 aliphatic carbocycles. The van der Waals surface area contributed by atoms with Gasteiger partial charge in [0.15, 0.2) is 17.8 Å². The summed E-state index contributed by atoms with van der Waals surface area (Å²) in [5, 5.41) is 4.32. The van der Waals surface area contributed by atoms with Gasteiger partial charge in [-0.15, -0.1) is 8.78 Å². The summed E-state index contributed by atoms with van der Waals surface area (Å²) < 4.78 is 43.1. The largest absolute Gasteiger partial charge is 0.586 e. The lowest BCUT2D eigenvalue weighted by molar-refractivity contribution is -0.286. The highest BCUT2D eigenvalue weighted by Crippen LogP contribution is 2.46. The number of nitrogens with zero attached hydrogens (tertiary/aromatic N) is 3. The van der Waals surface area contributed by atoms with Gasteiger partial charge in [-0.3, -0.25) is 14.5 Å². The van der Waals surface area contributed by atoms with E-state index < -0.39 is 6.29 Å². The molecule has 0 amide bonds. The molecule has 0 saturated heterocycles. The number of benzene rings is 1. The third kappa shape index (κ3) is 3.51. The maximum atomic E-state index is 13.3. The number of ether oxygens (including phenoxy) is 3. The number of hydrogen-bond donors (Lipinski definition) is 0. The number of halogens is 2. The van der Waals surface area contributed by atoms with Crippen LogP contribution >= 0.6 is 0 Å². The van der Waals surface area contributed by atoms with Crippen molar-refractivity contribution in [2.75, 3.05) is 0 Å². The number of carbonyl (C=O) groups excluding carboxylic acids is 1. The SMILES string of the molecule is CC(C)n1nccc1-c1ncccc1COc1ccc2c(c1C=O)OC(F)(F)O2. The van der Waals surface area contributed by atoms with E-state index in [0.29, 0.717) is 12.0 Å². The first-order chi connectivity index (χ1) is 13.9. The zero-order valence-electron chi connectivity index (χ0n) is 15.6. The first-order valence-corrected chi connectivity index (χ1v) is 8.88. The van der Waals surface area contributed by atoms with Gasteiger partial charge < -0.3 is 14.2 Å². The second kappa shape index (κ2) is 7.16. The molecule has 0 atom stereocenters. The zero-order chi connectivity index (χ0) is 20.6. The standard InChI is InChI=1S/C20H17F2N3O4/c1-12(2)25-15(7-9-24-25)18-13(4-3-8-23-18)11-27-16-5-6-17-19(14(16)10-26)29-20(21,22)28-17/h3-10,12H,11H2,1-2H3. The topological polar surface area (TPSA) is 75.5 Å². The highest BCUT2D eigenvalue weighted by atomic mass is 19.3. The smallest absolute Gasteiger partial charge is 0.488 e. The van der Waals surface area contributed by atoms with E-state index in [1.165, 1.54) is 12.1 Å². The molecule has 0 unspecified atom stereocenters. The number of aromatic nitrogens is 3. The maximum Gasteiger partial charge on any atom is 0.586 e. The third-order valence-electron chi connectivity index (χ3n) is 4.36. The number of aldehydes is 1. The van der Waals surface area contributed by atoms with Crippen LogP contribution in [-0.2, 0) is 6.61 Å². The van der Waals surface area contributed by atoms with Crippen molar-refractivity contribution in [2.45, 2.75) is 32.8 Å². The predicted octanol–water partition coefficient (Wildman–Crippen LogP) is 4.24. The van der Waals surface area contributed by atoms with Gasteiger partial charge >= 0.3 is 6.29 Å². The Morgan fingerprint density at radius 1 is 1.21 bits per heavy atom. The fraction of sp³-hybridized carbons (Fsp3) is 0.250. The molecule has 3 heterocycles. The van der Waals surface area contributed by atoms with Crippen molar-refractivity contribution in [3.05, 3.63) is 53.9 Å². The van der Waals surface area contributed by atoms with Crippen molar-refractivity contribution in [3.63, 3.8) is 0 Å². The minimum Gasteiger partial charge on any atom is -0.488 e. The molecular formula is C20H17F2N3O4. The zero-order valence-corrected chi connectivity index (χ0v) is 15.6. The summed E-state index contributed by atoms with van der Waals surface area (Å²) in [6.45, 7) is 4.08. The number of fused-ring (bicyclic) bond motifs is 1. The summed E-state index contributed by atoms with van der Waals surface area (Å²) in [6.07, 6.45) is -0.0609. The Kier molecular flexibility index (Phi) is 4.65. The molecule has 0 radical (unpaired) electrons. The normalized spacial score (nSPS) is 14.2. The van der Waals surface area contributed by atoms with Crippen molar-refractivity contribution >= 4 is 6.29 Å². The summed E-state index contributed by atoms with van der Waals surface area (Å²) >= 11 is 0. The summed E-state index contributed by atoms with van der Waals surface area (Å²) in [4.78, 5) is 15.9. The lowest BCUT2D eigenvalue weighted by Crippen LogP contribution is -2.26. The fourth-order valence-electron chi connectivity index (χ4n) is 3.11. The summed E-state index contributed by atoms with van der Waals surface area (Å²) in [7, 11) is 0. The van der Waals surface area contributed by atoms with Gasteiger partial charge in [-0.05, 0) is 38.1 Å². The van der Waals surface area contributed by atoms with E-state index in [-0.39, 0.29) is 35.5 Å². The van der Waals surface area contributed by atoms with Crippen molar-refractivity contribution in [1.29, 1.82) is 0 Å². The molecule has 29 heavy (non-hydrogen) atoms. The van der Waals surface area contributed by atoms with Crippen LogP contribution in [0.25, 0.3) is 11.4 Å². The number of carbonyl (C=O) groups is 1. The van der Waals surface area contributed by atoms with Gasteiger partial charge in [0.1, 0.15) is 17.9 Å². The van der Waals surface area contributed by atoms with Crippen LogP contribution in [-0.4, -0.2) is 27.3 Å². The summed E-state index contributed by atoms with van der Waals surface area (Å²) in [5.74, 6) is -0.452. The molecule has 2 aromatic heterocycles. The number of alkyl halides is 2. The molecular weight excluding hydrogens is 384 g/mol. The Bertz CT molecular complexity index is 1070. The Morgan fingerprint density at radius 3 is 2.79 bits per heavy atom. The predicted molar refractivity (Wildman–Crippen MR) is 98.2 cm³/mol. The molecule has 0 bridgehead atoms. The minimum absolute atomic E-state index is 0.0589. The van der Waals surface area contributed by atoms with E-state index in [0.717, 1.165) is 11.3 Å². The summed E-state index contributed by atoms with van der Waals surface area (Å²) in [6, 6.07) is 8.25. The van der Waals surface area contributed by atoms with Gasteiger partial charge in [0.25, 0.3) is 0 Å². The quantitative estimate of drug-likeness (QED) is 0.575. The van der Waals surface area contributed by atoms with E-state index in [2.05, 4.69) is 19.6 Å². The van der Waals surface area contributed by atoms with E-state index in [4.69, 9.17) is 4.74 Å². The highest BCUT2D eigenvalue weighted by Gasteiger charge is 2.45. The number of hydrogen-bond acceptors (Lipinski definition) is 6. The minimum atomic E-state index is -3.81. The molecule has 7 nitrogen and oxygen atoms in total.